The van der Waals surface area contributed by atoms with E-state index in [1.807, 2.05) is 30.3 Å². The van der Waals surface area contributed by atoms with Crippen molar-refractivity contribution < 1.29 is 18.4 Å². The van der Waals surface area contributed by atoms with Crippen LogP contribution in [0.5, 0.6) is 0 Å². The van der Waals surface area contributed by atoms with Crippen LogP contribution in [0.25, 0.3) is 0 Å². The average Bonchev–Trinajstić information content (AvgIpc) is 3.26. The summed E-state index contributed by atoms with van der Waals surface area (Å²) in [6.45, 7) is 6.36. The number of nitrogens with zero attached hydrogens (tertiary/aromatic N) is 2. The molecule has 3 rings (SSSR count). The Labute approximate surface area is 167 Å². The van der Waals surface area contributed by atoms with Gasteiger partial charge in [0.1, 0.15) is 11.8 Å². The predicted molar refractivity (Wildman–Crippen MR) is 111 cm³/mol. The van der Waals surface area contributed by atoms with E-state index >= 15 is 0 Å². The lowest BCUT2D eigenvalue weighted by Crippen LogP contribution is -2.66. The topological polar surface area (TPSA) is 63.0 Å². The van der Waals surface area contributed by atoms with Gasteiger partial charge < -0.3 is 8.84 Å². The number of carbonyl (C=O) groups excluding carboxylic acids is 2. The van der Waals surface area contributed by atoms with Crippen molar-refractivity contribution in [2.45, 2.75) is 51.0 Å². The highest BCUT2D eigenvalue weighted by atomic mass is 28.4. The first kappa shape index (κ1) is 20.4. The molecule has 1 aliphatic rings. The highest BCUT2D eigenvalue weighted by molar-refractivity contribution is 6.73. The fraction of sp³-hybridized carbons (Fsp3) is 0.429. The van der Waals surface area contributed by atoms with Gasteiger partial charge in [-0.15, -0.1) is 0 Å². The zero-order valence-electron chi connectivity index (χ0n) is 16.9. The normalized spacial score (nSPS) is 19.4. The SMILES string of the molecule is CC[Si](CC)(CC)OC1C(=O)N(C(=O)N(C)c2ccccc2)C1c1ccco1. The summed E-state index contributed by atoms with van der Waals surface area (Å²) in [5.41, 5.74) is 0.724. The van der Waals surface area contributed by atoms with Crippen LogP contribution in [-0.2, 0) is 9.22 Å². The molecule has 2 atom stereocenters. The Hall–Kier alpha value is -2.38. The van der Waals surface area contributed by atoms with Crippen LogP contribution in [0.2, 0.25) is 18.1 Å². The van der Waals surface area contributed by atoms with Gasteiger partial charge in [0.25, 0.3) is 5.91 Å². The summed E-state index contributed by atoms with van der Waals surface area (Å²) in [6.07, 6.45) is 0.897. The van der Waals surface area contributed by atoms with Gasteiger partial charge >= 0.3 is 6.03 Å². The van der Waals surface area contributed by atoms with Crippen molar-refractivity contribution in [2.75, 3.05) is 11.9 Å². The van der Waals surface area contributed by atoms with Crippen LogP contribution in [0.4, 0.5) is 10.5 Å². The lowest BCUT2D eigenvalue weighted by molar-refractivity contribution is -0.159. The van der Waals surface area contributed by atoms with Crippen molar-refractivity contribution in [3.8, 4) is 0 Å². The fourth-order valence-electron chi connectivity index (χ4n) is 3.72. The van der Waals surface area contributed by atoms with Crippen LogP contribution < -0.4 is 4.90 Å². The smallest absolute Gasteiger partial charge is 0.331 e. The van der Waals surface area contributed by atoms with Gasteiger partial charge in [-0.1, -0.05) is 39.0 Å². The molecule has 28 heavy (non-hydrogen) atoms. The lowest BCUT2D eigenvalue weighted by atomic mass is 9.96. The third-order valence-corrected chi connectivity index (χ3v) is 10.4. The molecule has 2 aromatic rings. The molecule has 1 aliphatic heterocycles. The number of para-hydroxylation sites is 1. The first-order valence-electron chi connectivity index (χ1n) is 9.85. The van der Waals surface area contributed by atoms with E-state index in [-0.39, 0.29) is 11.9 Å². The number of amides is 3. The molecule has 7 heteroatoms. The summed E-state index contributed by atoms with van der Waals surface area (Å²) in [6, 6.07) is 14.7. The van der Waals surface area contributed by atoms with Crippen LogP contribution in [0.1, 0.15) is 32.6 Å². The molecule has 1 fully saturated rings. The number of β-lactam (4-membered cyclic amide) rings is 1. The van der Waals surface area contributed by atoms with Crippen LogP contribution in [-0.4, -0.2) is 38.3 Å². The molecule has 2 unspecified atom stereocenters. The van der Waals surface area contributed by atoms with Crippen LogP contribution in [0, 0.1) is 0 Å². The van der Waals surface area contributed by atoms with Gasteiger partial charge in [0.05, 0.1) is 6.26 Å². The largest absolute Gasteiger partial charge is 0.467 e. The van der Waals surface area contributed by atoms with E-state index in [9.17, 15) is 9.59 Å². The maximum atomic E-state index is 13.1. The lowest BCUT2D eigenvalue weighted by Gasteiger charge is -2.48. The standard InChI is InChI=1S/C21H28N2O4Si/c1-5-28(6-2,7-3)27-19-18(17-14-11-15-26-17)23(20(19)24)21(25)22(4)16-12-9-8-10-13-16/h8-15,18-19H,5-7H2,1-4H3. The number of benzene rings is 1. The Morgan fingerprint density at radius 1 is 1.11 bits per heavy atom. The fourth-order valence-corrected chi connectivity index (χ4v) is 6.49. The van der Waals surface area contributed by atoms with Crippen molar-refractivity contribution in [3.05, 3.63) is 54.5 Å². The Morgan fingerprint density at radius 2 is 1.75 bits per heavy atom. The second-order valence-corrected chi connectivity index (χ2v) is 11.9. The highest BCUT2D eigenvalue weighted by Crippen LogP contribution is 2.41. The minimum absolute atomic E-state index is 0.290. The van der Waals surface area contributed by atoms with Gasteiger partial charge in [0, 0.05) is 12.7 Å². The van der Waals surface area contributed by atoms with Gasteiger partial charge in [-0.05, 0) is 42.4 Å². The maximum Gasteiger partial charge on any atom is 0.331 e. The summed E-state index contributed by atoms with van der Waals surface area (Å²) < 4.78 is 12.0. The number of imide groups is 1. The van der Waals surface area contributed by atoms with Crippen molar-refractivity contribution in [3.63, 3.8) is 0 Å². The Kier molecular flexibility index (Phi) is 6.05. The molecule has 0 radical (unpaired) electrons. The second-order valence-electron chi connectivity index (χ2n) is 7.13. The molecule has 1 saturated heterocycles. The highest BCUT2D eigenvalue weighted by Gasteiger charge is 2.56. The van der Waals surface area contributed by atoms with Gasteiger partial charge in [-0.3, -0.25) is 9.69 Å². The molecular weight excluding hydrogens is 372 g/mol. The molecule has 0 N–H and O–H groups in total. The van der Waals surface area contributed by atoms with Gasteiger partial charge in [0.15, 0.2) is 14.4 Å². The van der Waals surface area contributed by atoms with Crippen LogP contribution in [0.15, 0.2) is 53.1 Å². The van der Waals surface area contributed by atoms with Crippen LogP contribution in [0.3, 0.4) is 0 Å². The summed E-state index contributed by atoms with van der Waals surface area (Å²) in [5.74, 6) is 0.284. The van der Waals surface area contributed by atoms with Crippen molar-refractivity contribution >= 4 is 25.9 Å². The van der Waals surface area contributed by atoms with E-state index in [0.717, 1.165) is 23.8 Å². The third-order valence-electron chi connectivity index (χ3n) is 5.83. The molecule has 1 aromatic heterocycles. The van der Waals surface area contributed by atoms with E-state index < -0.39 is 20.5 Å². The minimum atomic E-state index is -2.02. The van der Waals surface area contributed by atoms with E-state index in [2.05, 4.69) is 20.8 Å². The third kappa shape index (κ3) is 3.52. The Balaban J connectivity index is 1.88. The summed E-state index contributed by atoms with van der Waals surface area (Å²) in [4.78, 5) is 28.9. The zero-order valence-corrected chi connectivity index (χ0v) is 17.9. The van der Waals surface area contributed by atoms with E-state index in [1.165, 1.54) is 9.80 Å². The second kappa shape index (κ2) is 8.32. The Bertz CT molecular complexity index is 797. The molecule has 6 nitrogen and oxygen atoms in total. The van der Waals surface area contributed by atoms with Gasteiger partial charge in [0.2, 0.25) is 0 Å². The number of hydrogen-bond acceptors (Lipinski definition) is 4. The Morgan fingerprint density at radius 3 is 2.29 bits per heavy atom. The van der Waals surface area contributed by atoms with E-state index in [4.69, 9.17) is 8.84 Å². The number of urea groups is 1. The van der Waals surface area contributed by atoms with E-state index in [0.29, 0.717) is 5.76 Å². The van der Waals surface area contributed by atoms with Gasteiger partial charge in [-0.25, -0.2) is 9.69 Å². The first-order chi connectivity index (χ1) is 13.5. The molecule has 150 valence electrons. The number of furan rings is 1. The van der Waals surface area contributed by atoms with Crippen molar-refractivity contribution in [2.24, 2.45) is 0 Å². The summed E-state index contributed by atoms with van der Waals surface area (Å²) in [5, 5.41) is 0. The monoisotopic (exact) mass is 400 g/mol. The molecule has 2 heterocycles. The first-order valence-corrected chi connectivity index (χ1v) is 12.4. The van der Waals surface area contributed by atoms with Gasteiger partial charge in [-0.2, -0.15) is 0 Å². The average molecular weight is 401 g/mol. The molecular formula is C21H28N2O4Si. The molecule has 0 spiro atoms. The number of carbonyl (C=O) groups is 2. The number of anilines is 1. The quantitative estimate of drug-likeness (QED) is 0.494. The molecule has 0 aliphatic carbocycles. The number of rotatable bonds is 7. The molecule has 3 amide bonds. The maximum absolute atomic E-state index is 13.1. The van der Waals surface area contributed by atoms with Crippen molar-refractivity contribution in [1.82, 2.24) is 4.90 Å². The van der Waals surface area contributed by atoms with E-state index in [1.54, 1.807) is 25.4 Å². The number of likely N-dealkylation sites (tertiary alicyclic amines) is 1. The van der Waals surface area contributed by atoms with Crippen molar-refractivity contribution in [1.29, 1.82) is 0 Å². The van der Waals surface area contributed by atoms with Crippen LogP contribution >= 0.6 is 0 Å². The molecule has 0 bridgehead atoms. The predicted octanol–water partition coefficient (Wildman–Crippen LogP) is 4.81. The molecule has 0 saturated carbocycles. The summed E-state index contributed by atoms with van der Waals surface area (Å²) >= 11 is 0. The summed E-state index contributed by atoms with van der Waals surface area (Å²) in [7, 11) is -0.348. The number of hydrogen-bond donors (Lipinski definition) is 0. The minimum Gasteiger partial charge on any atom is -0.467 e. The molecule has 1 aromatic carbocycles. The zero-order chi connectivity index (χ0) is 20.3.